The lowest BCUT2D eigenvalue weighted by Crippen LogP contribution is -2.11. The van der Waals surface area contributed by atoms with Crippen molar-refractivity contribution in [2.75, 3.05) is 11.1 Å². The molecule has 0 aliphatic rings. The molecule has 3 aromatic rings. The van der Waals surface area contributed by atoms with Gasteiger partial charge < -0.3 is 11.1 Å². The monoisotopic (exact) mass is 280 g/mol. The first-order valence-electron chi connectivity index (χ1n) is 6.81. The average Bonchev–Trinajstić information content (AvgIpc) is 2.49. The van der Waals surface area contributed by atoms with E-state index in [2.05, 4.69) is 22.2 Å². The van der Waals surface area contributed by atoms with Crippen molar-refractivity contribution in [1.29, 1.82) is 0 Å². The maximum absolute atomic E-state index is 12.1. The number of hydrogen-bond donors (Lipinski definition) is 3. The number of aromatic amines is 1. The Morgan fingerprint density at radius 2 is 1.95 bits per heavy atom. The van der Waals surface area contributed by atoms with Gasteiger partial charge in [-0.05, 0) is 42.3 Å². The highest BCUT2D eigenvalue weighted by atomic mass is 16.1. The molecule has 0 atom stereocenters. The Kier molecular flexibility index (Phi) is 3.31. The lowest BCUT2D eigenvalue weighted by Gasteiger charge is -2.07. The molecule has 0 amide bonds. The fraction of sp³-hybridized carbons (Fsp3) is 0.125. The van der Waals surface area contributed by atoms with Crippen LogP contribution in [0.3, 0.4) is 0 Å². The third-order valence-corrected chi connectivity index (χ3v) is 3.35. The summed E-state index contributed by atoms with van der Waals surface area (Å²) in [6.45, 7) is 2.11. The highest BCUT2D eigenvalue weighted by Crippen LogP contribution is 2.16. The van der Waals surface area contributed by atoms with Crippen LogP contribution in [0.25, 0.3) is 10.9 Å². The molecule has 21 heavy (non-hydrogen) atoms. The van der Waals surface area contributed by atoms with E-state index in [9.17, 15) is 4.79 Å². The van der Waals surface area contributed by atoms with E-state index in [1.54, 1.807) is 18.2 Å². The van der Waals surface area contributed by atoms with E-state index in [0.29, 0.717) is 22.5 Å². The zero-order valence-corrected chi connectivity index (χ0v) is 11.7. The van der Waals surface area contributed by atoms with Gasteiger partial charge in [0, 0.05) is 11.4 Å². The van der Waals surface area contributed by atoms with Crippen molar-refractivity contribution in [2.45, 2.75) is 13.3 Å². The van der Waals surface area contributed by atoms with E-state index >= 15 is 0 Å². The molecule has 106 valence electrons. The molecule has 0 unspecified atom stereocenters. The second kappa shape index (κ2) is 5.28. The van der Waals surface area contributed by atoms with Crippen LogP contribution in [0.15, 0.2) is 47.3 Å². The smallest absolute Gasteiger partial charge is 0.260 e. The Morgan fingerprint density at radius 1 is 1.19 bits per heavy atom. The first-order valence-corrected chi connectivity index (χ1v) is 6.81. The molecule has 5 heteroatoms. The fourth-order valence-electron chi connectivity index (χ4n) is 2.18. The highest BCUT2D eigenvalue weighted by Gasteiger charge is 2.04. The normalized spacial score (nSPS) is 10.7. The molecule has 0 spiro atoms. The van der Waals surface area contributed by atoms with Crippen LogP contribution in [0.5, 0.6) is 0 Å². The quantitative estimate of drug-likeness (QED) is 0.644. The second-order valence-electron chi connectivity index (χ2n) is 4.87. The van der Waals surface area contributed by atoms with Crippen molar-refractivity contribution in [3.63, 3.8) is 0 Å². The van der Waals surface area contributed by atoms with E-state index in [0.717, 1.165) is 12.1 Å². The lowest BCUT2D eigenvalue weighted by molar-refractivity contribution is 1.14. The number of rotatable bonds is 3. The SMILES string of the molecule is CCc1ccc(Nc2nc3ccc(N)cc3c(=O)[nH]2)cc1. The van der Waals surface area contributed by atoms with Crippen molar-refractivity contribution in [3.8, 4) is 0 Å². The van der Waals surface area contributed by atoms with Crippen molar-refractivity contribution in [3.05, 3.63) is 58.4 Å². The molecule has 3 rings (SSSR count). The first kappa shape index (κ1) is 13.2. The van der Waals surface area contributed by atoms with Crippen LogP contribution in [0.1, 0.15) is 12.5 Å². The van der Waals surface area contributed by atoms with Crippen LogP contribution in [-0.2, 0) is 6.42 Å². The van der Waals surface area contributed by atoms with E-state index in [1.165, 1.54) is 5.56 Å². The number of hydrogen-bond acceptors (Lipinski definition) is 4. The molecule has 1 heterocycles. The molecule has 4 N–H and O–H groups in total. The molecule has 0 aliphatic heterocycles. The van der Waals surface area contributed by atoms with Gasteiger partial charge in [0.2, 0.25) is 5.95 Å². The highest BCUT2D eigenvalue weighted by molar-refractivity contribution is 5.82. The third kappa shape index (κ3) is 2.72. The van der Waals surface area contributed by atoms with Gasteiger partial charge in [-0.2, -0.15) is 0 Å². The summed E-state index contributed by atoms with van der Waals surface area (Å²) in [7, 11) is 0. The second-order valence-corrected chi connectivity index (χ2v) is 4.87. The van der Waals surface area contributed by atoms with Gasteiger partial charge in [0.25, 0.3) is 5.56 Å². The number of nitrogens with two attached hydrogens (primary N) is 1. The summed E-state index contributed by atoms with van der Waals surface area (Å²) >= 11 is 0. The minimum atomic E-state index is -0.208. The Morgan fingerprint density at radius 3 is 2.67 bits per heavy atom. The van der Waals surface area contributed by atoms with Gasteiger partial charge in [-0.25, -0.2) is 4.98 Å². The van der Waals surface area contributed by atoms with Crippen LogP contribution < -0.4 is 16.6 Å². The van der Waals surface area contributed by atoms with Gasteiger partial charge in [0.05, 0.1) is 10.9 Å². The summed E-state index contributed by atoms with van der Waals surface area (Å²) in [5, 5.41) is 3.59. The summed E-state index contributed by atoms with van der Waals surface area (Å²) in [6, 6.07) is 13.1. The van der Waals surface area contributed by atoms with E-state index in [4.69, 9.17) is 5.73 Å². The fourth-order valence-corrected chi connectivity index (χ4v) is 2.18. The van der Waals surface area contributed by atoms with Gasteiger partial charge in [0.1, 0.15) is 0 Å². The summed E-state index contributed by atoms with van der Waals surface area (Å²) in [5.41, 5.74) is 8.78. The van der Waals surface area contributed by atoms with Gasteiger partial charge in [-0.15, -0.1) is 0 Å². The van der Waals surface area contributed by atoms with Crippen LogP contribution in [0.4, 0.5) is 17.3 Å². The Hall–Kier alpha value is -2.82. The lowest BCUT2D eigenvalue weighted by atomic mass is 10.1. The largest absolute Gasteiger partial charge is 0.399 e. The van der Waals surface area contributed by atoms with Crippen LogP contribution in [0, 0.1) is 0 Å². The number of nitrogen functional groups attached to an aromatic ring is 1. The van der Waals surface area contributed by atoms with Gasteiger partial charge in [0.15, 0.2) is 0 Å². The zero-order valence-electron chi connectivity index (χ0n) is 11.7. The molecule has 0 saturated heterocycles. The van der Waals surface area contributed by atoms with E-state index in [-0.39, 0.29) is 5.56 Å². The molecule has 0 bridgehead atoms. The van der Waals surface area contributed by atoms with E-state index < -0.39 is 0 Å². The molecular formula is C16H16N4O. The first-order chi connectivity index (χ1) is 10.2. The zero-order chi connectivity index (χ0) is 14.8. The van der Waals surface area contributed by atoms with Crippen LogP contribution in [0.2, 0.25) is 0 Å². The number of benzene rings is 2. The number of aromatic nitrogens is 2. The Balaban J connectivity index is 1.97. The van der Waals surface area contributed by atoms with E-state index in [1.807, 2.05) is 24.3 Å². The van der Waals surface area contributed by atoms with Gasteiger partial charge in [-0.3, -0.25) is 9.78 Å². The summed E-state index contributed by atoms with van der Waals surface area (Å²) in [5.74, 6) is 0.418. The topological polar surface area (TPSA) is 83.8 Å². The predicted octanol–water partition coefficient (Wildman–Crippen LogP) is 2.81. The number of H-pyrrole nitrogens is 1. The summed E-state index contributed by atoms with van der Waals surface area (Å²) in [6.07, 6.45) is 0.993. The minimum Gasteiger partial charge on any atom is -0.399 e. The van der Waals surface area contributed by atoms with Crippen molar-refractivity contribution in [2.24, 2.45) is 0 Å². The molecule has 0 radical (unpaired) electrons. The third-order valence-electron chi connectivity index (χ3n) is 3.35. The number of nitrogens with one attached hydrogen (secondary N) is 2. The van der Waals surface area contributed by atoms with Gasteiger partial charge >= 0.3 is 0 Å². The molecular weight excluding hydrogens is 264 g/mol. The Labute approximate surface area is 121 Å². The summed E-state index contributed by atoms with van der Waals surface area (Å²) < 4.78 is 0. The molecule has 0 saturated carbocycles. The molecule has 2 aromatic carbocycles. The predicted molar refractivity (Wildman–Crippen MR) is 85.9 cm³/mol. The van der Waals surface area contributed by atoms with Crippen molar-refractivity contribution in [1.82, 2.24) is 9.97 Å². The maximum atomic E-state index is 12.1. The van der Waals surface area contributed by atoms with Crippen LogP contribution in [-0.4, -0.2) is 9.97 Å². The van der Waals surface area contributed by atoms with Crippen molar-refractivity contribution >= 4 is 28.2 Å². The number of nitrogens with zero attached hydrogens (tertiary/aromatic N) is 1. The molecule has 1 aromatic heterocycles. The minimum absolute atomic E-state index is 0.208. The number of aryl methyl sites for hydroxylation is 1. The van der Waals surface area contributed by atoms with Crippen LogP contribution >= 0.6 is 0 Å². The molecule has 0 aliphatic carbocycles. The molecule has 5 nitrogen and oxygen atoms in total. The van der Waals surface area contributed by atoms with Crippen molar-refractivity contribution < 1.29 is 0 Å². The maximum Gasteiger partial charge on any atom is 0.260 e. The number of anilines is 3. The standard InChI is InChI=1S/C16H16N4O/c1-2-10-3-6-12(7-4-10)18-16-19-14-8-5-11(17)9-13(14)15(21)20-16/h3-9H,2,17H2,1H3,(H2,18,19,20,21). The Bertz CT molecular complexity index is 837. The number of fused-ring (bicyclic) bond motifs is 1. The summed E-state index contributed by atoms with van der Waals surface area (Å²) in [4.78, 5) is 19.2. The van der Waals surface area contributed by atoms with Gasteiger partial charge in [-0.1, -0.05) is 19.1 Å². The average molecular weight is 280 g/mol. The molecule has 0 fully saturated rings.